The second-order valence-electron chi connectivity index (χ2n) is 4.64. The smallest absolute Gasteiger partial charge is 0.0509 e. The summed E-state index contributed by atoms with van der Waals surface area (Å²) in [6.45, 7) is 10.8. The zero-order valence-corrected chi connectivity index (χ0v) is 12.1. The molecule has 0 aliphatic heterocycles. The topological polar surface area (TPSA) is 16.1 Å². The Balaban J connectivity index is 2.97. The van der Waals surface area contributed by atoms with Gasteiger partial charge in [-0.1, -0.05) is 20.3 Å². The number of hydrogen-bond acceptors (Lipinski definition) is 2. The molecule has 0 saturated carbocycles. The summed E-state index contributed by atoms with van der Waals surface area (Å²) >= 11 is 5.99. The number of aryl methyl sites for hydroxylation is 1. The molecule has 0 aliphatic rings. The second kappa shape index (κ2) is 6.85. The number of pyridine rings is 1. The Labute approximate surface area is 110 Å². The second-order valence-corrected chi connectivity index (χ2v) is 4.91. The molecule has 0 saturated heterocycles. The Morgan fingerprint density at radius 2 is 2.12 bits per heavy atom. The molecule has 1 heterocycles. The first-order valence-corrected chi connectivity index (χ1v) is 6.92. The third-order valence-corrected chi connectivity index (χ3v) is 3.48. The maximum atomic E-state index is 5.99. The lowest BCUT2D eigenvalue weighted by atomic mass is 10.1. The highest BCUT2D eigenvalue weighted by atomic mass is 35.5. The predicted molar refractivity (Wildman–Crippen MR) is 75.9 cm³/mol. The van der Waals surface area contributed by atoms with E-state index >= 15 is 0 Å². The Morgan fingerprint density at radius 1 is 1.41 bits per heavy atom. The Kier molecular flexibility index (Phi) is 5.76. The van der Waals surface area contributed by atoms with Gasteiger partial charge in [0.05, 0.1) is 5.88 Å². The van der Waals surface area contributed by atoms with Gasteiger partial charge in [0.1, 0.15) is 0 Å². The maximum Gasteiger partial charge on any atom is 0.0509 e. The predicted octanol–water partition coefficient (Wildman–Crippen LogP) is 4.00. The van der Waals surface area contributed by atoms with Crippen LogP contribution >= 0.6 is 11.6 Å². The summed E-state index contributed by atoms with van der Waals surface area (Å²) in [6, 6.07) is 2.14. The molecule has 0 aliphatic carbocycles. The van der Waals surface area contributed by atoms with Gasteiger partial charge in [0.15, 0.2) is 0 Å². The average Bonchev–Trinajstić information content (AvgIpc) is 2.35. The molecule has 2 nitrogen and oxygen atoms in total. The van der Waals surface area contributed by atoms with Crippen LogP contribution in [-0.4, -0.2) is 18.1 Å². The fourth-order valence-corrected chi connectivity index (χ4v) is 2.08. The lowest BCUT2D eigenvalue weighted by Gasteiger charge is -2.28. The minimum atomic E-state index is 0.527. The van der Waals surface area contributed by atoms with Gasteiger partial charge >= 0.3 is 0 Å². The van der Waals surface area contributed by atoms with Crippen molar-refractivity contribution in [3.63, 3.8) is 0 Å². The van der Waals surface area contributed by atoms with Crippen molar-refractivity contribution in [1.82, 2.24) is 4.98 Å². The van der Waals surface area contributed by atoms with Crippen LogP contribution < -0.4 is 4.90 Å². The van der Waals surface area contributed by atoms with E-state index in [2.05, 4.69) is 36.7 Å². The molecule has 1 aromatic heterocycles. The molecule has 1 unspecified atom stereocenters. The van der Waals surface area contributed by atoms with Crippen LogP contribution in [-0.2, 0) is 5.88 Å². The summed E-state index contributed by atoms with van der Waals surface area (Å²) in [5, 5.41) is 0. The molecule has 17 heavy (non-hydrogen) atoms. The molecule has 0 N–H and O–H groups in total. The van der Waals surface area contributed by atoms with E-state index in [1.165, 1.54) is 12.1 Å². The van der Waals surface area contributed by atoms with Crippen molar-refractivity contribution in [1.29, 1.82) is 0 Å². The van der Waals surface area contributed by atoms with E-state index in [-0.39, 0.29) is 0 Å². The lowest BCUT2D eigenvalue weighted by molar-refractivity contribution is 0.547. The van der Waals surface area contributed by atoms with E-state index in [0.717, 1.165) is 24.3 Å². The maximum absolute atomic E-state index is 5.99. The van der Waals surface area contributed by atoms with Crippen molar-refractivity contribution >= 4 is 17.3 Å². The first kappa shape index (κ1) is 14.3. The first-order valence-electron chi connectivity index (χ1n) is 6.38. The molecule has 0 bridgehead atoms. The van der Waals surface area contributed by atoms with E-state index in [0.29, 0.717) is 11.8 Å². The van der Waals surface area contributed by atoms with E-state index in [4.69, 9.17) is 11.6 Å². The summed E-state index contributed by atoms with van der Waals surface area (Å²) in [5.74, 6) is 1.23. The Hall–Kier alpha value is -0.760. The van der Waals surface area contributed by atoms with Gasteiger partial charge in [0.25, 0.3) is 0 Å². The minimum Gasteiger partial charge on any atom is -0.371 e. The molecule has 1 atom stereocenters. The molecule has 3 heteroatoms. The number of halogens is 1. The highest BCUT2D eigenvalue weighted by Crippen LogP contribution is 2.23. The van der Waals surface area contributed by atoms with E-state index < -0.39 is 0 Å². The summed E-state index contributed by atoms with van der Waals surface area (Å²) in [7, 11) is 0. The number of nitrogens with zero attached hydrogens (tertiary/aromatic N) is 2. The van der Waals surface area contributed by atoms with Crippen molar-refractivity contribution in [2.75, 3.05) is 18.0 Å². The number of anilines is 1. The molecule has 1 aromatic rings. The molecular weight excluding hydrogens is 232 g/mol. The van der Waals surface area contributed by atoms with Gasteiger partial charge in [-0.3, -0.25) is 4.98 Å². The third-order valence-electron chi connectivity index (χ3n) is 3.19. The Morgan fingerprint density at radius 3 is 2.65 bits per heavy atom. The largest absolute Gasteiger partial charge is 0.371 e. The monoisotopic (exact) mass is 254 g/mol. The summed E-state index contributed by atoms with van der Waals surface area (Å²) < 4.78 is 0. The van der Waals surface area contributed by atoms with Crippen molar-refractivity contribution < 1.29 is 0 Å². The standard InChI is InChI=1S/C14H23ClN2/c1-5-11(3)10-17(6-2)14-7-12(4)16-9-13(14)8-15/h7,9,11H,5-6,8,10H2,1-4H3. The summed E-state index contributed by atoms with van der Waals surface area (Å²) in [5.41, 5.74) is 3.43. The highest BCUT2D eigenvalue weighted by Gasteiger charge is 2.12. The van der Waals surface area contributed by atoms with Crippen LogP contribution in [0.2, 0.25) is 0 Å². The fraction of sp³-hybridized carbons (Fsp3) is 0.643. The van der Waals surface area contributed by atoms with E-state index in [1.807, 2.05) is 13.1 Å². The lowest BCUT2D eigenvalue weighted by Crippen LogP contribution is -2.29. The number of rotatable bonds is 6. The number of aromatic nitrogens is 1. The minimum absolute atomic E-state index is 0.527. The van der Waals surface area contributed by atoms with Gasteiger partial charge in [-0.25, -0.2) is 0 Å². The number of alkyl halides is 1. The molecule has 0 amide bonds. The van der Waals surface area contributed by atoms with Gasteiger partial charge < -0.3 is 4.90 Å². The van der Waals surface area contributed by atoms with Crippen LogP contribution in [0.15, 0.2) is 12.3 Å². The van der Waals surface area contributed by atoms with Gasteiger partial charge in [0.2, 0.25) is 0 Å². The van der Waals surface area contributed by atoms with Crippen molar-refractivity contribution in [2.24, 2.45) is 5.92 Å². The van der Waals surface area contributed by atoms with Crippen LogP contribution in [0.3, 0.4) is 0 Å². The van der Waals surface area contributed by atoms with E-state index in [1.54, 1.807) is 0 Å². The highest BCUT2D eigenvalue weighted by molar-refractivity contribution is 6.17. The molecule has 1 rings (SSSR count). The van der Waals surface area contributed by atoms with Crippen LogP contribution in [0.4, 0.5) is 5.69 Å². The number of hydrogen-bond donors (Lipinski definition) is 0. The zero-order chi connectivity index (χ0) is 12.8. The molecular formula is C14H23ClN2. The average molecular weight is 255 g/mol. The van der Waals surface area contributed by atoms with Gasteiger partial charge in [-0.05, 0) is 25.8 Å². The van der Waals surface area contributed by atoms with Crippen molar-refractivity contribution in [3.05, 3.63) is 23.5 Å². The van der Waals surface area contributed by atoms with Crippen LogP contribution in [0.5, 0.6) is 0 Å². The Bertz CT molecular complexity index is 352. The first-order chi connectivity index (χ1) is 8.12. The SMILES string of the molecule is CCC(C)CN(CC)c1cc(C)ncc1CCl. The van der Waals surface area contributed by atoms with Crippen LogP contribution in [0, 0.1) is 12.8 Å². The normalized spacial score (nSPS) is 12.5. The van der Waals surface area contributed by atoms with Crippen LogP contribution in [0.1, 0.15) is 38.4 Å². The van der Waals surface area contributed by atoms with Gasteiger partial charge in [0, 0.05) is 36.2 Å². The molecule has 0 aromatic carbocycles. The summed E-state index contributed by atoms with van der Waals surface area (Å²) in [6.07, 6.45) is 3.10. The quantitative estimate of drug-likeness (QED) is 0.714. The van der Waals surface area contributed by atoms with Crippen molar-refractivity contribution in [2.45, 2.75) is 40.0 Å². The zero-order valence-electron chi connectivity index (χ0n) is 11.3. The van der Waals surface area contributed by atoms with Gasteiger partial charge in [-0.2, -0.15) is 0 Å². The fourth-order valence-electron chi connectivity index (χ4n) is 1.87. The molecule has 0 spiro atoms. The third kappa shape index (κ3) is 3.88. The van der Waals surface area contributed by atoms with Gasteiger partial charge in [-0.15, -0.1) is 11.6 Å². The van der Waals surface area contributed by atoms with E-state index in [9.17, 15) is 0 Å². The van der Waals surface area contributed by atoms with Crippen LogP contribution in [0.25, 0.3) is 0 Å². The summed E-state index contributed by atoms with van der Waals surface area (Å²) in [4.78, 5) is 6.72. The molecule has 96 valence electrons. The van der Waals surface area contributed by atoms with Crippen molar-refractivity contribution in [3.8, 4) is 0 Å². The molecule has 0 fully saturated rings. The molecule has 0 radical (unpaired) electrons.